The van der Waals surface area contributed by atoms with Crippen LogP contribution >= 0.6 is 0 Å². The summed E-state index contributed by atoms with van der Waals surface area (Å²) in [5.74, 6) is -2.31. The number of hydrogen-bond acceptors (Lipinski definition) is 11. The summed E-state index contributed by atoms with van der Waals surface area (Å²) in [5.41, 5.74) is 0.536. The number of nitrogens with one attached hydrogen (secondary N) is 2. The summed E-state index contributed by atoms with van der Waals surface area (Å²) in [6.07, 6.45) is -4.49. The lowest BCUT2D eigenvalue weighted by atomic mass is 9.99. The van der Waals surface area contributed by atoms with Crippen LogP contribution in [0.5, 0.6) is 5.75 Å². The first kappa shape index (κ1) is 34.4. The van der Waals surface area contributed by atoms with Crippen LogP contribution in [0.4, 0.5) is 0 Å². The van der Waals surface area contributed by atoms with Crippen molar-refractivity contribution in [3.05, 3.63) is 29.3 Å². The number of ether oxygens (including phenoxy) is 3. The van der Waals surface area contributed by atoms with Crippen LogP contribution < -0.4 is 15.4 Å². The van der Waals surface area contributed by atoms with Gasteiger partial charge in [-0.1, -0.05) is 40.2 Å². The molecule has 12 heteroatoms. The normalized spacial score (nSPS) is 22.7. The summed E-state index contributed by atoms with van der Waals surface area (Å²) in [6.45, 7) is 10.00. The molecule has 0 radical (unpaired) electrons. The predicted molar refractivity (Wildman–Crippen MR) is 142 cm³/mol. The lowest BCUT2D eigenvalue weighted by molar-refractivity contribution is -0.271. The number of rotatable bonds is 14. The molecule has 0 aromatic heterocycles. The first-order valence-corrected chi connectivity index (χ1v) is 13.1. The number of aliphatic hydroxyl groups excluding tert-OH is 3. The number of aliphatic carboxylic acids is 1. The second-order valence-electron chi connectivity index (χ2n) is 9.88. The maximum atomic E-state index is 11.5. The summed E-state index contributed by atoms with van der Waals surface area (Å²) in [7, 11) is 2.01. The van der Waals surface area contributed by atoms with Gasteiger partial charge >= 0.3 is 11.9 Å². The van der Waals surface area contributed by atoms with Crippen molar-refractivity contribution in [2.45, 2.75) is 90.3 Å². The number of aldehydes is 1. The molecule has 5 atom stereocenters. The van der Waals surface area contributed by atoms with E-state index in [-0.39, 0.29) is 23.8 Å². The molecule has 0 amide bonds. The molecule has 1 fully saturated rings. The monoisotopic (exact) mass is 556 g/mol. The molecule has 1 heterocycles. The molecule has 0 aliphatic carbocycles. The van der Waals surface area contributed by atoms with Crippen molar-refractivity contribution in [3.8, 4) is 5.75 Å². The van der Waals surface area contributed by atoms with Gasteiger partial charge in [-0.25, -0.2) is 4.79 Å². The number of esters is 1. The third kappa shape index (κ3) is 12.0. The molecule has 222 valence electrons. The smallest absolute Gasteiger partial charge is 0.335 e. The molecular formula is C27H44N2O10. The van der Waals surface area contributed by atoms with E-state index in [2.05, 4.69) is 24.5 Å². The molecule has 1 aliphatic rings. The van der Waals surface area contributed by atoms with Crippen molar-refractivity contribution in [1.29, 1.82) is 0 Å². The second-order valence-corrected chi connectivity index (χ2v) is 9.88. The van der Waals surface area contributed by atoms with Gasteiger partial charge in [0.05, 0.1) is 11.5 Å². The number of carbonyl (C=O) groups excluding carboxylic acids is 2. The van der Waals surface area contributed by atoms with Crippen molar-refractivity contribution in [2.75, 3.05) is 20.1 Å². The lowest BCUT2D eigenvalue weighted by Gasteiger charge is -2.38. The van der Waals surface area contributed by atoms with Crippen molar-refractivity contribution in [3.63, 3.8) is 0 Å². The van der Waals surface area contributed by atoms with E-state index in [1.807, 2.05) is 7.05 Å². The Kier molecular flexibility index (Phi) is 15.8. The predicted octanol–water partition coefficient (Wildman–Crippen LogP) is 0.843. The summed E-state index contributed by atoms with van der Waals surface area (Å²) in [6, 6.07) is 4.89. The summed E-state index contributed by atoms with van der Waals surface area (Å²) >= 11 is 0. The standard InChI is InChI=1S/C18H22O10.C9H22N2/c1-8(2)17(25)26-7-9-3-4-11(10(5-9)6-19)27-18-14(22)12(20)13(21)15(28-18)16(23)24;1-9(2)11-8-6-4-5-7-10-3/h3-6,8,12-15,18,20-22H,7H2,1-2H3,(H,23,24);9-11H,4-8H2,1-3H3/t12?,13-,14+,15?,18-;/m0./s1. The zero-order valence-corrected chi connectivity index (χ0v) is 23.3. The van der Waals surface area contributed by atoms with E-state index in [9.17, 15) is 29.7 Å². The molecule has 6 N–H and O–H groups in total. The van der Waals surface area contributed by atoms with E-state index in [0.717, 1.165) is 6.54 Å². The number of benzene rings is 1. The zero-order valence-electron chi connectivity index (χ0n) is 23.3. The number of unbranched alkanes of at least 4 members (excludes halogenated alkanes) is 2. The van der Waals surface area contributed by atoms with Crippen LogP contribution in [0.15, 0.2) is 18.2 Å². The Bertz CT molecular complexity index is 895. The minimum Gasteiger partial charge on any atom is -0.479 e. The average Bonchev–Trinajstić information content (AvgIpc) is 2.89. The number of hydrogen-bond donors (Lipinski definition) is 6. The van der Waals surface area contributed by atoms with Crippen LogP contribution in [0.3, 0.4) is 0 Å². The molecule has 0 saturated carbocycles. The van der Waals surface area contributed by atoms with Crippen LogP contribution in [0.25, 0.3) is 0 Å². The molecule has 2 rings (SSSR count). The molecule has 0 spiro atoms. The van der Waals surface area contributed by atoms with E-state index >= 15 is 0 Å². The first-order chi connectivity index (χ1) is 18.4. The van der Waals surface area contributed by atoms with Crippen LogP contribution in [0, 0.1) is 5.92 Å². The summed E-state index contributed by atoms with van der Waals surface area (Å²) < 4.78 is 15.5. The Labute approximate surface area is 229 Å². The molecule has 2 unspecified atom stereocenters. The van der Waals surface area contributed by atoms with Crippen LogP contribution in [-0.4, -0.2) is 95.5 Å². The fourth-order valence-corrected chi connectivity index (χ4v) is 3.48. The first-order valence-electron chi connectivity index (χ1n) is 13.1. The van der Waals surface area contributed by atoms with E-state index in [1.165, 1.54) is 44.0 Å². The van der Waals surface area contributed by atoms with E-state index in [0.29, 0.717) is 17.9 Å². The van der Waals surface area contributed by atoms with Gasteiger partial charge in [0.15, 0.2) is 12.4 Å². The van der Waals surface area contributed by atoms with Crippen LogP contribution in [0.1, 0.15) is 62.9 Å². The zero-order chi connectivity index (χ0) is 29.5. The van der Waals surface area contributed by atoms with Crippen molar-refractivity contribution in [1.82, 2.24) is 10.6 Å². The Morgan fingerprint density at radius 1 is 1.03 bits per heavy atom. The number of carboxylic acids is 1. The summed E-state index contributed by atoms with van der Waals surface area (Å²) in [4.78, 5) is 34.0. The minimum absolute atomic E-state index is 0.0291. The quantitative estimate of drug-likeness (QED) is 0.108. The maximum absolute atomic E-state index is 11.5. The van der Waals surface area contributed by atoms with Gasteiger partial charge in [-0.2, -0.15) is 0 Å². The van der Waals surface area contributed by atoms with Crippen LogP contribution in [-0.2, 0) is 25.7 Å². The minimum atomic E-state index is -1.85. The van der Waals surface area contributed by atoms with E-state index in [1.54, 1.807) is 13.8 Å². The number of carbonyl (C=O) groups is 3. The third-order valence-electron chi connectivity index (χ3n) is 5.77. The molecule has 1 aliphatic heterocycles. The fourth-order valence-electron chi connectivity index (χ4n) is 3.48. The van der Waals surface area contributed by atoms with Gasteiger partial charge in [-0.05, 0) is 50.7 Å². The number of aliphatic hydroxyl groups is 3. The Hall–Kier alpha value is -2.61. The van der Waals surface area contributed by atoms with Gasteiger partial charge in [0, 0.05) is 6.04 Å². The van der Waals surface area contributed by atoms with Crippen LogP contribution in [0.2, 0.25) is 0 Å². The average molecular weight is 557 g/mol. The molecule has 1 saturated heterocycles. The van der Waals surface area contributed by atoms with Crippen molar-refractivity contribution < 1.29 is 49.0 Å². The molecule has 1 aromatic rings. The highest BCUT2D eigenvalue weighted by Gasteiger charge is 2.48. The highest BCUT2D eigenvalue weighted by molar-refractivity contribution is 5.79. The largest absolute Gasteiger partial charge is 0.479 e. The van der Waals surface area contributed by atoms with Gasteiger partial charge < -0.3 is 45.3 Å². The van der Waals surface area contributed by atoms with Crippen molar-refractivity contribution >= 4 is 18.2 Å². The van der Waals surface area contributed by atoms with Gasteiger partial charge in [0.25, 0.3) is 0 Å². The molecule has 39 heavy (non-hydrogen) atoms. The Balaban J connectivity index is 0.000000584. The maximum Gasteiger partial charge on any atom is 0.335 e. The SMILES string of the molecule is CC(C)C(=O)OCc1ccc(O[C@H]2OC(C(=O)O)[C@@H](O)C(O)[C@H]2O)c(C=O)c1.CNCCCCCNC(C)C. The highest BCUT2D eigenvalue weighted by Crippen LogP contribution is 2.27. The molecule has 0 bridgehead atoms. The molecular weight excluding hydrogens is 512 g/mol. The fraction of sp³-hybridized carbons (Fsp3) is 0.667. The summed E-state index contributed by atoms with van der Waals surface area (Å²) in [5, 5.41) is 45.1. The Morgan fingerprint density at radius 3 is 2.26 bits per heavy atom. The third-order valence-corrected chi connectivity index (χ3v) is 5.77. The lowest BCUT2D eigenvalue weighted by Crippen LogP contribution is -2.61. The molecule has 1 aromatic carbocycles. The number of carboxylic acid groups (broad SMARTS) is 1. The van der Waals surface area contributed by atoms with Gasteiger partial charge in [0.1, 0.15) is 30.7 Å². The molecule has 12 nitrogen and oxygen atoms in total. The van der Waals surface area contributed by atoms with Gasteiger partial charge in [-0.15, -0.1) is 0 Å². The van der Waals surface area contributed by atoms with Gasteiger partial charge in [0.2, 0.25) is 6.29 Å². The Morgan fingerprint density at radius 2 is 1.69 bits per heavy atom. The van der Waals surface area contributed by atoms with E-state index in [4.69, 9.17) is 19.3 Å². The second kappa shape index (κ2) is 17.9. The van der Waals surface area contributed by atoms with Gasteiger partial charge in [-0.3, -0.25) is 9.59 Å². The highest BCUT2D eigenvalue weighted by atomic mass is 16.7. The van der Waals surface area contributed by atoms with E-state index < -0.39 is 42.6 Å². The van der Waals surface area contributed by atoms with Crippen molar-refractivity contribution in [2.24, 2.45) is 5.92 Å². The topological polar surface area (TPSA) is 184 Å².